The summed E-state index contributed by atoms with van der Waals surface area (Å²) in [5, 5.41) is 8.99. The number of para-hydroxylation sites is 1. The summed E-state index contributed by atoms with van der Waals surface area (Å²) in [7, 11) is 1.11. The molecule has 2 unspecified atom stereocenters. The number of thiazole rings is 1. The Morgan fingerprint density at radius 2 is 1.90 bits per heavy atom. The van der Waals surface area contributed by atoms with Crippen LogP contribution in [0.3, 0.4) is 0 Å². The molecule has 12 heteroatoms. The summed E-state index contributed by atoms with van der Waals surface area (Å²) in [6.07, 6.45) is -6.05. The van der Waals surface area contributed by atoms with Crippen molar-refractivity contribution < 1.29 is 43.2 Å². The van der Waals surface area contributed by atoms with Crippen LogP contribution in [0.5, 0.6) is 0 Å². The highest BCUT2D eigenvalue weighted by Gasteiger charge is 2.31. The zero-order chi connectivity index (χ0) is 21.2. The number of carbonyl (C=O) groups is 3. The Hall–Kier alpha value is -2.73. The average Bonchev–Trinajstić information content (AvgIpc) is 3.11. The maximum Gasteiger partial charge on any atom is 0.508 e. The van der Waals surface area contributed by atoms with Crippen LogP contribution in [0.15, 0.2) is 28.6 Å². The summed E-state index contributed by atoms with van der Waals surface area (Å²) in [5.74, 6) is 0.0824. The lowest BCUT2D eigenvalue weighted by atomic mass is 10.2. The zero-order valence-corrected chi connectivity index (χ0v) is 17.2. The molecule has 0 aliphatic rings. The summed E-state index contributed by atoms with van der Waals surface area (Å²) in [6, 6.07) is 7.54. The standard InChI is InChI=1S/C17H19NO9S2/c1-3-24-17(22)25-8-11(26-15(19)20)12(27-16(21)23-2)9-28-14-18-10-6-4-5-7-13(10)29-14/h4-7,11-12H,3,8-9H2,1-2H3,(H,19,20). The molecule has 0 aliphatic heterocycles. The fourth-order valence-corrected chi connectivity index (χ4v) is 4.27. The number of rotatable bonds is 9. The molecular formula is C17H19NO9S2. The van der Waals surface area contributed by atoms with Crippen molar-refractivity contribution in [2.75, 3.05) is 26.1 Å². The number of ether oxygens (including phenoxy) is 5. The fourth-order valence-electron chi connectivity index (χ4n) is 2.11. The van der Waals surface area contributed by atoms with Gasteiger partial charge in [0.1, 0.15) is 6.61 Å². The molecule has 0 amide bonds. The lowest BCUT2D eigenvalue weighted by Crippen LogP contribution is -2.40. The molecule has 10 nitrogen and oxygen atoms in total. The highest BCUT2D eigenvalue weighted by Crippen LogP contribution is 2.30. The summed E-state index contributed by atoms with van der Waals surface area (Å²) in [4.78, 5) is 38.5. The molecule has 2 aromatic rings. The lowest BCUT2D eigenvalue weighted by Gasteiger charge is -2.24. The van der Waals surface area contributed by atoms with Crippen LogP contribution in [0.25, 0.3) is 10.2 Å². The fraction of sp³-hybridized carbons (Fsp3) is 0.412. The van der Waals surface area contributed by atoms with Gasteiger partial charge in [0.2, 0.25) is 0 Å². The predicted octanol–water partition coefficient (Wildman–Crippen LogP) is 3.78. The van der Waals surface area contributed by atoms with Crippen molar-refractivity contribution >= 4 is 51.8 Å². The number of aromatic nitrogens is 1. The molecule has 0 radical (unpaired) electrons. The van der Waals surface area contributed by atoms with Crippen LogP contribution in [0.2, 0.25) is 0 Å². The van der Waals surface area contributed by atoms with E-state index in [0.717, 1.165) is 17.3 Å². The Balaban J connectivity index is 2.11. The van der Waals surface area contributed by atoms with E-state index in [-0.39, 0.29) is 12.4 Å². The summed E-state index contributed by atoms with van der Waals surface area (Å²) in [5.41, 5.74) is 0.814. The first-order chi connectivity index (χ1) is 13.9. The summed E-state index contributed by atoms with van der Waals surface area (Å²) < 4.78 is 25.5. The smallest absolute Gasteiger partial charge is 0.450 e. The summed E-state index contributed by atoms with van der Waals surface area (Å²) >= 11 is 2.67. The Morgan fingerprint density at radius 1 is 1.14 bits per heavy atom. The van der Waals surface area contributed by atoms with Crippen LogP contribution in [0, 0.1) is 0 Å². The van der Waals surface area contributed by atoms with Crippen molar-refractivity contribution in [2.24, 2.45) is 0 Å². The van der Waals surface area contributed by atoms with Crippen molar-refractivity contribution in [1.29, 1.82) is 0 Å². The first kappa shape index (κ1) is 22.6. The minimum absolute atomic E-state index is 0.0822. The Labute approximate surface area is 174 Å². The minimum Gasteiger partial charge on any atom is -0.450 e. The van der Waals surface area contributed by atoms with Gasteiger partial charge in [0, 0.05) is 5.75 Å². The Morgan fingerprint density at radius 3 is 2.55 bits per heavy atom. The third-order valence-electron chi connectivity index (χ3n) is 3.35. The van der Waals surface area contributed by atoms with Gasteiger partial charge in [-0.3, -0.25) is 0 Å². The number of carbonyl (C=O) groups excluding carboxylic acids is 2. The van der Waals surface area contributed by atoms with Crippen LogP contribution < -0.4 is 0 Å². The topological polar surface area (TPSA) is 130 Å². The molecule has 0 aliphatic carbocycles. The molecule has 2 atom stereocenters. The number of hydrogen-bond donors (Lipinski definition) is 1. The average molecular weight is 445 g/mol. The molecular weight excluding hydrogens is 426 g/mol. The molecule has 0 bridgehead atoms. The van der Waals surface area contributed by atoms with Crippen molar-refractivity contribution in [2.45, 2.75) is 23.5 Å². The Bertz CT molecular complexity index is 808. The molecule has 1 heterocycles. The van der Waals surface area contributed by atoms with Crippen molar-refractivity contribution in [3.63, 3.8) is 0 Å². The number of benzene rings is 1. The Kier molecular flexibility index (Phi) is 8.80. The van der Waals surface area contributed by atoms with Gasteiger partial charge < -0.3 is 28.8 Å². The van der Waals surface area contributed by atoms with E-state index in [1.54, 1.807) is 6.92 Å². The molecule has 1 N–H and O–H groups in total. The van der Waals surface area contributed by atoms with Crippen molar-refractivity contribution in [3.05, 3.63) is 24.3 Å². The van der Waals surface area contributed by atoms with E-state index in [4.69, 9.17) is 19.3 Å². The second-order valence-corrected chi connectivity index (χ2v) is 7.58. The van der Waals surface area contributed by atoms with E-state index in [1.807, 2.05) is 24.3 Å². The van der Waals surface area contributed by atoms with E-state index in [9.17, 15) is 14.4 Å². The molecule has 1 aromatic carbocycles. The second-order valence-electron chi connectivity index (χ2n) is 5.29. The number of hydrogen-bond acceptors (Lipinski definition) is 11. The van der Waals surface area contributed by atoms with Gasteiger partial charge in [0.15, 0.2) is 16.5 Å². The SMILES string of the molecule is CCOC(=O)OCC(OC(=O)O)C(CSc1nc2ccccc2s1)OC(=O)OC. The molecule has 1 aromatic heterocycles. The van der Waals surface area contributed by atoms with Gasteiger partial charge in [-0.15, -0.1) is 11.3 Å². The van der Waals surface area contributed by atoms with Crippen LogP contribution in [-0.2, 0) is 23.7 Å². The highest BCUT2D eigenvalue weighted by atomic mass is 32.2. The van der Waals surface area contributed by atoms with Gasteiger partial charge in [0.05, 0.1) is 23.9 Å². The van der Waals surface area contributed by atoms with Gasteiger partial charge in [-0.25, -0.2) is 19.4 Å². The number of thioether (sulfide) groups is 1. The number of methoxy groups -OCH3 is 1. The molecule has 158 valence electrons. The van der Waals surface area contributed by atoms with Gasteiger partial charge in [0.25, 0.3) is 0 Å². The molecule has 0 saturated heterocycles. The predicted molar refractivity (Wildman–Crippen MR) is 103 cm³/mol. The second kappa shape index (κ2) is 11.3. The van der Waals surface area contributed by atoms with Gasteiger partial charge in [-0.05, 0) is 19.1 Å². The molecule has 0 spiro atoms. The van der Waals surface area contributed by atoms with Crippen LogP contribution in [-0.4, -0.2) is 66.8 Å². The van der Waals surface area contributed by atoms with Crippen LogP contribution in [0.1, 0.15) is 6.92 Å². The van der Waals surface area contributed by atoms with Gasteiger partial charge in [-0.2, -0.15) is 0 Å². The van der Waals surface area contributed by atoms with E-state index < -0.39 is 37.3 Å². The van der Waals surface area contributed by atoms with Crippen LogP contribution in [0.4, 0.5) is 14.4 Å². The summed E-state index contributed by atoms with van der Waals surface area (Å²) in [6.45, 7) is 1.16. The first-order valence-electron chi connectivity index (χ1n) is 8.35. The highest BCUT2D eigenvalue weighted by molar-refractivity contribution is 8.01. The molecule has 0 fully saturated rings. The van der Waals surface area contributed by atoms with Gasteiger partial charge in [-0.1, -0.05) is 23.9 Å². The maximum absolute atomic E-state index is 11.6. The van der Waals surface area contributed by atoms with E-state index >= 15 is 0 Å². The van der Waals surface area contributed by atoms with E-state index in [1.165, 1.54) is 23.1 Å². The third-order valence-corrected chi connectivity index (χ3v) is 5.62. The quantitative estimate of drug-likeness (QED) is 0.344. The zero-order valence-electron chi connectivity index (χ0n) is 15.6. The third kappa shape index (κ3) is 7.31. The van der Waals surface area contributed by atoms with Crippen LogP contribution >= 0.6 is 23.1 Å². The van der Waals surface area contributed by atoms with Gasteiger partial charge >= 0.3 is 18.5 Å². The lowest BCUT2D eigenvalue weighted by molar-refractivity contribution is -0.0630. The largest absolute Gasteiger partial charge is 0.508 e. The number of fused-ring (bicyclic) bond motifs is 1. The first-order valence-corrected chi connectivity index (χ1v) is 10.1. The molecule has 0 saturated carbocycles. The van der Waals surface area contributed by atoms with Crippen molar-refractivity contribution in [3.8, 4) is 0 Å². The van der Waals surface area contributed by atoms with E-state index in [2.05, 4.69) is 14.5 Å². The molecule has 2 rings (SSSR count). The minimum atomic E-state index is -1.62. The van der Waals surface area contributed by atoms with E-state index in [0.29, 0.717) is 4.34 Å². The number of nitrogens with zero attached hydrogens (tertiary/aromatic N) is 1. The number of carboxylic acid groups (broad SMARTS) is 1. The monoisotopic (exact) mass is 445 g/mol. The van der Waals surface area contributed by atoms with Crippen molar-refractivity contribution in [1.82, 2.24) is 4.98 Å². The molecule has 29 heavy (non-hydrogen) atoms. The maximum atomic E-state index is 11.6. The normalized spacial score (nSPS) is 12.6.